The van der Waals surface area contributed by atoms with E-state index >= 15 is 0 Å². The van der Waals surface area contributed by atoms with E-state index in [4.69, 9.17) is 0 Å². The number of unbranched alkanes of at least 4 members (excludes halogenated alkanes) is 4. The maximum atomic E-state index is 2.50. The molecule has 15 heavy (non-hydrogen) atoms. The van der Waals surface area contributed by atoms with Crippen LogP contribution in [0.3, 0.4) is 0 Å². The molecule has 0 saturated heterocycles. The molecule has 1 aliphatic rings. The van der Waals surface area contributed by atoms with Crippen LogP contribution in [0, 0.1) is 11.8 Å². The van der Waals surface area contributed by atoms with E-state index in [1.54, 1.807) is 0 Å². The molecule has 0 nitrogen and oxygen atoms in total. The minimum absolute atomic E-state index is 0.910. The summed E-state index contributed by atoms with van der Waals surface area (Å²) in [5.41, 5.74) is 0. The van der Waals surface area contributed by atoms with Gasteiger partial charge in [-0.25, -0.2) is 0 Å². The molecule has 0 radical (unpaired) electrons. The van der Waals surface area contributed by atoms with Crippen LogP contribution < -0.4 is 0 Å². The van der Waals surface area contributed by atoms with Crippen molar-refractivity contribution in [3.63, 3.8) is 0 Å². The Morgan fingerprint density at radius 3 is 2.40 bits per heavy atom. The summed E-state index contributed by atoms with van der Waals surface area (Å²) in [7, 11) is 0. The molecule has 1 aliphatic carbocycles. The van der Waals surface area contributed by atoms with Crippen LogP contribution in [0.4, 0.5) is 0 Å². The summed E-state index contributed by atoms with van der Waals surface area (Å²) in [5.74, 6) is 1.89. The predicted molar refractivity (Wildman–Crippen MR) is 69.0 cm³/mol. The number of hydrogen-bond acceptors (Lipinski definition) is 0. The lowest BCUT2D eigenvalue weighted by Gasteiger charge is -2.23. The molecule has 0 heterocycles. The first-order valence-corrected chi connectivity index (χ1v) is 6.99. The van der Waals surface area contributed by atoms with Crippen LogP contribution in [-0.4, -0.2) is 0 Å². The number of hydrogen-bond donors (Lipinski definition) is 0. The maximum Gasteiger partial charge on any atom is -0.0233 e. The number of allylic oxidation sites excluding steroid dienone is 2. The topological polar surface area (TPSA) is 0 Å². The fourth-order valence-corrected chi connectivity index (χ4v) is 2.46. The molecule has 0 aromatic carbocycles. The Labute approximate surface area is 96.2 Å². The summed E-state index contributed by atoms with van der Waals surface area (Å²) in [6.07, 6.45) is 17.6. The molecule has 0 spiro atoms. The van der Waals surface area contributed by atoms with Gasteiger partial charge in [-0.1, -0.05) is 58.1 Å². The maximum absolute atomic E-state index is 2.50. The summed E-state index contributed by atoms with van der Waals surface area (Å²) in [6.45, 7) is 4.67. The minimum atomic E-state index is 0.910. The highest BCUT2D eigenvalue weighted by atomic mass is 14.2. The van der Waals surface area contributed by atoms with Gasteiger partial charge in [0.25, 0.3) is 0 Å². The molecule has 0 atom stereocenters. The lowest BCUT2D eigenvalue weighted by molar-refractivity contribution is 0.330. The van der Waals surface area contributed by atoms with Crippen molar-refractivity contribution < 1.29 is 0 Å². The Morgan fingerprint density at radius 2 is 1.73 bits per heavy atom. The van der Waals surface area contributed by atoms with E-state index in [-0.39, 0.29) is 0 Å². The molecule has 0 amide bonds. The second kappa shape index (κ2) is 7.96. The second-order valence-corrected chi connectivity index (χ2v) is 5.30. The summed E-state index contributed by atoms with van der Waals surface area (Å²) in [5, 5.41) is 0. The molecule has 0 aromatic rings. The average molecular weight is 208 g/mol. The van der Waals surface area contributed by atoms with E-state index in [9.17, 15) is 0 Å². The summed E-state index contributed by atoms with van der Waals surface area (Å²) >= 11 is 0. The van der Waals surface area contributed by atoms with Gasteiger partial charge in [-0.05, 0) is 37.5 Å². The first kappa shape index (κ1) is 12.8. The van der Waals surface area contributed by atoms with Crippen LogP contribution in [0.25, 0.3) is 0 Å². The van der Waals surface area contributed by atoms with Crippen LogP contribution in [-0.2, 0) is 0 Å². The smallest absolute Gasteiger partial charge is 0.0233 e. The Balaban J connectivity index is 2.00. The first-order valence-electron chi connectivity index (χ1n) is 6.99. The highest BCUT2D eigenvalue weighted by Gasteiger charge is 2.15. The zero-order valence-corrected chi connectivity index (χ0v) is 10.7. The molecule has 0 N–H and O–H groups in total. The number of rotatable bonds is 6. The van der Waals surface area contributed by atoms with Crippen molar-refractivity contribution in [3.8, 4) is 0 Å². The molecule has 88 valence electrons. The van der Waals surface area contributed by atoms with Gasteiger partial charge in [0, 0.05) is 0 Å². The Morgan fingerprint density at radius 1 is 1.00 bits per heavy atom. The molecule has 1 rings (SSSR count). The van der Waals surface area contributed by atoms with Crippen molar-refractivity contribution in [2.75, 3.05) is 0 Å². The average Bonchev–Trinajstić information content (AvgIpc) is 2.26. The van der Waals surface area contributed by atoms with Crippen molar-refractivity contribution >= 4 is 0 Å². The summed E-state index contributed by atoms with van der Waals surface area (Å²) < 4.78 is 0. The van der Waals surface area contributed by atoms with Crippen LogP contribution in [0.15, 0.2) is 12.2 Å². The fraction of sp³-hybridized carbons (Fsp3) is 0.867. The van der Waals surface area contributed by atoms with Crippen molar-refractivity contribution in [2.45, 2.75) is 71.6 Å². The van der Waals surface area contributed by atoms with Gasteiger partial charge in [-0.15, -0.1) is 0 Å². The third-order valence-electron chi connectivity index (χ3n) is 3.69. The SMILES string of the molecule is CCCCCC/C=C/C1CCC(C)CC1. The monoisotopic (exact) mass is 208 g/mol. The Kier molecular flexibility index (Phi) is 6.80. The molecule has 1 saturated carbocycles. The van der Waals surface area contributed by atoms with Crippen LogP contribution in [0.5, 0.6) is 0 Å². The van der Waals surface area contributed by atoms with Crippen molar-refractivity contribution in [1.82, 2.24) is 0 Å². The summed E-state index contributed by atoms with van der Waals surface area (Å²) in [4.78, 5) is 0. The third-order valence-corrected chi connectivity index (χ3v) is 3.69. The Bertz CT molecular complexity index is 161. The van der Waals surface area contributed by atoms with Crippen LogP contribution >= 0.6 is 0 Å². The van der Waals surface area contributed by atoms with E-state index in [0.717, 1.165) is 11.8 Å². The fourth-order valence-electron chi connectivity index (χ4n) is 2.46. The van der Waals surface area contributed by atoms with Crippen molar-refractivity contribution in [3.05, 3.63) is 12.2 Å². The molecule has 0 heteroatoms. The summed E-state index contributed by atoms with van der Waals surface area (Å²) in [6, 6.07) is 0. The quantitative estimate of drug-likeness (QED) is 0.408. The molecule has 0 bridgehead atoms. The molecular weight excluding hydrogens is 180 g/mol. The normalized spacial score (nSPS) is 27.3. The lowest BCUT2D eigenvalue weighted by Crippen LogP contribution is -2.09. The van der Waals surface area contributed by atoms with Gasteiger partial charge in [0.05, 0.1) is 0 Å². The van der Waals surface area contributed by atoms with Gasteiger partial charge in [0.15, 0.2) is 0 Å². The van der Waals surface area contributed by atoms with E-state index in [1.807, 2.05) is 0 Å². The molecular formula is C15H28. The second-order valence-electron chi connectivity index (χ2n) is 5.30. The van der Waals surface area contributed by atoms with E-state index in [0.29, 0.717) is 0 Å². The third kappa shape index (κ3) is 6.02. The molecule has 0 unspecified atom stereocenters. The van der Waals surface area contributed by atoms with Gasteiger partial charge in [0.2, 0.25) is 0 Å². The largest absolute Gasteiger partial charge is 0.0883 e. The highest BCUT2D eigenvalue weighted by Crippen LogP contribution is 2.29. The van der Waals surface area contributed by atoms with Crippen LogP contribution in [0.1, 0.15) is 71.6 Å². The zero-order chi connectivity index (χ0) is 10.9. The molecule has 0 aliphatic heterocycles. The van der Waals surface area contributed by atoms with E-state index < -0.39 is 0 Å². The minimum Gasteiger partial charge on any atom is -0.0883 e. The molecule has 1 fully saturated rings. The van der Waals surface area contributed by atoms with Gasteiger partial charge in [-0.3, -0.25) is 0 Å². The lowest BCUT2D eigenvalue weighted by atomic mass is 9.83. The predicted octanol–water partition coefficient (Wildman–Crippen LogP) is 5.34. The van der Waals surface area contributed by atoms with E-state index in [1.165, 1.54) is 57.8 Å². The van der Waals surface area contributed by atoms with E-state index in [2.05, 4.69) is 26.0 Å². The van der Waals surface area contributed by atoms with Gasteiger partial charge in [-0.2, -0.15) is 0 Å². The first-order chi connectivity index (χ1) is 7.33. The zero-order valence-electron chi connectivity index (χ0n) is 10.7. The standard InChI is InChI=1S/C15H28/c1-3-4-5-6-7-8-9-15-12-10-14(2)11-13-15/h8-9,14-15H,3-7,10-13H2,1-2H3/b9-8+. The van der Waals surface area contributed by atoms with Gasteiger partial charge in [0.1, 0.15) is 0 Å². The van der Waals surface area contributed by atoms with Crippen LogP contribution in [0.2, 0.25) is 0 Å². The molecule has 0 aromatic heterocycles. The van der Waals surface area contributed by atoms with Crippen molar-refractivity contribution in [2.24, 2.45) is 11.8 Å². The van der Waals surface area contributed by atoms with Gasteiger partial charge < -0.3 is 0 Å². The van der Waals surface area contributed by atoms with Crippen molar-refractivity contribution in [1.29, 1.82) is 0 Å². The highest BCUT2D eigenvalue weighted by molar-refractivity contribution is 4.90. The Hall–Kier alpha value is -0.260. The van der Waals surface area contributed by atoms with Gasteiger partial charge >= 0.3 is 0 Å².